The summed E-state index contributed by atoms with van der Waals surface area (Å²) in [4.78, 5) is 16.0. The Morgan fingerprint density at radius 3 is 2.96 bits per heavy atom. The van der Waals surface area contributed by atoms with E-state index in [0.717, 1.165) is 5.56 Å². The van der Waals surface area contributed by atoms with Gasteiger partial charge in [0.05, 0.1) is 24.6 Å². The number of anilines is 1. The van der Waals surface area contributed by atoms with Crippen LogP contribution >= 0.6 is 11.6 Å². The molecule has 2 heterocycles. The molecule has 9 heteroatoms. The minimum absolute atomic E-state index is 0.00115. The van der Waals surface area contributed by atoms with Crippen molar-refractivity contribution >= 4 is 23.5 Å². The summed E-state index contributed by atoms with van der Waals surface area (Å²) in [6.07, 6.45) is 1.56. The Labute approximate surface area is 165 Å². The number of methoxy groups -OCH3 is 1. The van der Waals surface area contributed by atoms with Crippen LogP contribution in [0.15, 0.2) is 42.7 Å². The molecule has 1 aliphatic heterocycles. The van der Waals surface area contributed by atoms with Gasteiger partial charge in [-0.1, -0.05) is 29.8 Å². The molecule has 1 aliphatic rings. The van der Waals surface area contributed by atoms with E-state index in [2.05, 4.69) is 15.4 Å². The van der Waals surface area contributed by atoms with Gasteiger partial charge in [-0.15, -0.1) is 0 Å². The van der Waals surface area contributed by atoms with Crippen LogP contribution in [0.1, 0.15) is 23.6 Å². The van der Waals surface area contributed by atoms with Gasteiger partial charge in [0.15, 0.2) is 11.5 Å². The highest BCUT2D eigenvalue weighted by Gasteiger charge is 2.29. The average molecular weight is 403 g/mol. The van der Waals surface area contributed by atoms with Crippen molar-refractivity contribution < 1.29 is 18.7 Å². The van der Waals surface area contributed by atoms with Gasteiger partial charge in [0.2, 0.25) is 11.9 Å². The Morgan fingerprint density at radius 2 is 2.18 bits per heavy atom. The fraction of sp³-hybridized carbons (Fsp3) is 0.211. The van der Waals surface area contributed by atoms with E-state index in [1.807, 2.05) is 0 Å². The summed E-state index contributed by atoms with van der Waals surface area (Å²) in [6.45, 7) is 0.00115. The van der Waals surface area contributed by atoms with E-state index in [1.54, 1.807) is 35.0 Å². The zero-order valence-electron chi connectivity index (χ0n) is 14.9. The fourth-order valence-electron chi connectivity index (χ4n) is 3.10. The van der Waals surface area contributed by atoms with E-state index in [-0.39, 0.29) is 30.8 Å². The van der Waals surface area contributed by atoms with Gasteiger partial charge < -0.3 is 9.47 Å². The Balaban J connectivity index is 1.65. The molecule has 0 aliphatic carbocycles. The highest BCUT2D eigenvalue weighted by molar-refractivity contribution is 6.32. The molecule has 0 bridgehead atoms. The molecule has 4 rings (SSSR count). The monoisotopic (exact) mass is 402 g/mol. The van der Waals surface area contributed by atoms with E-state index < -0.39 is 0 Å². The van der Waals surface area contributed by atoms with Crippen molar-refractivity contribution in [3.8, 4) is 11.5 Å². The van der Waals surface area contributed by atoms with Crippen LogP contribution in [0, 0.1) is 5.82 Å². The second-order valence-electron chi connectivity index (χ2n) is 6.21. The number of hydrogen-bond acceptors (Lipinski definition) is 5. The first kappa shape index (κ1) is 18.2. The van der Waals surface area contributed by atoms with Crippen molar-refractivity contribution in [2.24, 2.45) is 0 Å². The molecule has 1 atom stereocenters. The van der Waals surface area contributed by atoms with E-state index in [0.29, 0.717) is 28.0 Å². The van der Waals surface area contributed by atoms with Crippen LogP contribution in [-0.4, -0.2) is 27.8 Å². The third-order valence-corrected chi connectivity index (χ3v) is 4.75. The first-order chi connectivity index (χ1) is 13.6. The number of carbonyl (C=O) groups excluding carboxylic acids is 1. The summed E-state index contributed by atoms with van der Waals surface area (Å²) in [7, 11) is 1.49. The summed E-state index contributed by atoms with van der Waals surface area (Å²) in [5.74, 6) is 0.527. The fourth-order valence-corrected chi connectivity index (χ4v) is 3.38. The van der Waals surface area contributed by atoms with Crippen molar-refractivity contribution in [3.63, 3.8) is 0 Å². The number of benzene rings is 2. The number of hydrogen-bond donors (Lipinski definition) is 1. The third-order valence-electron chi connectivity index (χ3n) is 4.46. The SMILES string of the molecule is COc1cc(C2CC(=O)Nc3ncnn32)cc(Cl)c1OCc1ccccc1F. The van der Waals surface area contributed by atoms with Crippen molar-refractivity contribution in [2.45, 2.75) is 19.1 Å². The molecule has 1 aromatic heterocycles. The van der Waals surface area contributed by atoms with Gasteiger partial charge in [0.1, 0.15) is 18.8 Å². The van der Waals surface area contributed by atoms with Gasteiger partial charge >= 0.3 is 0 Å². The van der Waals surface area contributed by atoms with Crippen molar-refractivity contribution in [2.75, 3.05) is 12.4 Å². The molecule has 0 radical (unpaired) electrons. The lowest BCUT2D eigenvalue weighted by molar-refractivity contribution is -0.117. The molecule has 2 aromatic carbocycles. The smallest absolute Gasteiger partial charge is 0.229 e. The maximum atomic E-state index is 13.8. The molecule has 0 saturated heterocycles. The molecule has 1 amide bonds. The van der Waals surface area contributed by atoms with Crippen molar-refractivity contribution in [1.29, 1.82) is 0 Å². The number of rotatable bonds is 5. The highest BCUT2D eigenvalue weighted by Crippen LogP contribution is 2.40. The molecule has 144 valence electrons. The van der Waals surface area contributed by atoms with Gasteiger partial charge in [-0.3, -0.25) is 10.1 Å². The van der Waals surface area contributed by atoms with E-state index in [4.69, 9.17) is 21.1 Å². The molecule has 7 nitrogen and oxygen atoms in total. The second-order valence-corrected chi connectivity index (χ2v) is 6.62. The van der Waals surface area contributed by atoms with E-state index in [1.165, 1.54) is 19.5 Å². The number of fused-ring (bicyclic) bond motifs is 1. The predicted molar refractivity (Wildman–Crippen MR) is 100 cm³/mol. The van der Waals surface area contributed by atoms with Crippen molar-refractivity contribution in [3.05, 3.63) is 64.7 Å². The number of carbonyl (C=O) groups is 1. The number of amides is 1. The molecule has 0 fully saturated rings. The normalized spacial score (nSPS) is 15.7. The standard InChI is InChI=1S/C19H16ClFN4O3/c1-27-16-7-12(15-8-17(26)24-19-22-10-23-25(15)19)6-13(20)18(16)28-9-11-4-2-3-5-14(11)21/h2-7,10,15H,8-9H2,1H3,(H,22,23,24,26). The van der Waals surface area contributed by atoms with Gasteiger partial charge in [0.25, 0.3) is 0 Å². The lowest BCUT2D eigenvalue weighted by atomic mass is 10.0. The molecule has 1 N–H and O–H groups in total. The molecule has 3 aromatic rings. The minimum atomic E-state index is -0.377. The number of aromatic nitrogens is 3. The van der Waals surface area contributed by atoms with Gasteiger partial charge in [-0.25, -0.2) is 9.07 Å². The lowest BCUT2D eigenvalue weighted by Gasteiger charge is -2.24. The van der Waals surface area contributed by atoms with Crippen LogP contribution in [0.25, 0.3) is 0 Å². The van der Waals surface area contributed by atoms with E-state index in [9.17, 15) is 9.18 Å². The first-order valence-corrected chi connectivity index (χ1v) is 8.87. The Morgan fingerprint density at radius 1 is 1.36 bits per heavy atom. The van der Waals surface area contributed by atoms with Gasteiger partial charge in [-0.05, 0) is 23.8 Å². The minimum Gasteiger partial charge on any atom is -0.493 e. The maximum absolute atomic E-state index is 13.8. The van der Waals surface area contributed by atoms with Crippen LogP contribution in [0.5, 0.6) is 11.5 Å². The third kappa shape index (κ3) is 3.38. The Bertz CT molecular complexity index is 1040. The molecule has 28 heavy (non-hydrogen) atoms. The zero-order chi connectivity index (χ0) is 19.7. The van der Waals surface area contributed by atoms with Crippen LogP contribution < -0.4 is 14.8 Å². The molecular weight excluding hydrogens is 387 g/mol. The van der Waals surface area contributed by atoms with Crippen LogP contribution in [0.4, 0.5) is 10.3 Å². The molecule has 0 saturated carbocycles. The zero-order valence-corrected chi connectivity index (χ0v) is 15.6. The Kier molecular flexibility index (Phi) is 4.87. The van der Waals surface area contributed by atoms with Crippen LogP contribution in [-0.2, 0) is 11.4 Å². The maximum Gasteiger partial charge on any atom is 0.229 e. The number of ether oxygens (including phenoxy) is 2. The van der Waals surface area contributed by atoms with Crippen molar-refractivity contribution in [1.82, 2.24) is 14.8 Å². The van der Waals surface area contributed by atoms with Gasteiger partial charge in [0, 0.05) is 5.56 Å². The second kappa shape index (κ2) is 7.47. The number of halogens is 2. The quantitative estimate of drug-likeness (QED) is 0.705. The predicted octanol–water partition coefficient (Wildman–Crippen LogP) is 3.59. The summed E-state index contributed by atoms with van der Waals surface area (Å²) < 4.78 is 26.6. The van der Waals surface area contributed by atoms with Crippen LogP contribution in [0.3, 0.4) is 0 Å². The largest absolute Gasteiger partial charge is 0.493 e. The Hall–Kier alpha value is -3.13. The van der Waals surface area contributed by atoms with Gasteiger partial charge in [-0.2, -0.15) is 10.1 Å². The summed E-state index contributed by atoms with van der Waals surface area (Å²) in [5, 5.41) is 7.13. The summed E-state index contributed by atoms with van der Waals surface area (Å²) >= 11 is 6.43. The van der Waals surface area contributed by atoms with E-state index >= 15 is 0 Å². The topological polar surface area (TPSA) is 78.3 Å². The molecule has 1 unspecified atom stereocenters. The number of nitrogens with zero attached hydrogens (tertiary/aromatic N) is 3. The van der Waals surface area contributed by atoms with Crippen LogP contribution in [0.2, 0.25) is 5.02 Å². The molecular formula is C19H16ClFN4O3. The average Bonchev–Trinajstić information content (AvgIpc) is 3.15. The summed E-state index contributed by atoms with van der Waals surface area (Å²) in [6, 6.07) is 9.39. The first-order valence-electron chi connectivity index (χ1n) is 8.50. The molecule has 0 spiro atoms. The lowest BCUT2D eigenvalue weighted by Crippen LogP contribution is -2.29. The number of nitrogens with one attached hydrogen (secondary N) is 1. The summed E-state index contributed by atoms with van der Waals surface area (Å²) in [5.41, 5.74) is 1.13. The highest BCUT2D eigenvalue weighted by atomic mass is 35.5.